The third-order valence-electron chi connectivity index (χ3n) is 5.45. The molecule has 32 heavy (non-hydrogen) atoms. The van der Waals surface area contributed by atoms with Gasteiger partial charge in [-0.3, -0.25) is 9.69 Å². The van der Waals surface area contributed by atoms with Crippen LogP contribution in [0, 0.1) is 13.8 Å². The number of aromatic carboxylic acids is 1. The van der Waals surface area contributed by atoms with Crippen LogP contribution in [0.4, 0.5) is 0 Å². The maximum Gasteiger partial charge on any atom is 0.335 e. The number of hydrogen-bond acceptors (Lipinski definition) is 4. The van der Waals surface area contributed by atoms with E-state index in [0.29, 0.717) is 15.8 Å². The molecule has 0 atom stereocenters. The van der Waals surface area contributed by atoms with Gasteiger partial charge in [0.1, 0.15) is 4.32 Å². The molecule has 0 bridgehead atoms. The molecule has 1 fully saturated rings. The Morgan fingerprint density at radius 2 is 1.84 bits per heavy atom. The second-order valence-corrected chi connectivity index (χ2v) is 9.26. The van der Waals surface area contributed by atoms with Crippen molar-refractivity contribution >= 4 is 46.3 Å². The second-order valence-electron chi connectivity index (χ2n) is 7.59. The number of carboxylic acids is 1. The predicted molar refractivity (Wildman–Crippen MR) is 132 cm³/mol. The van der Waals surface area contributed by atoms with Crippen LogP contribution in [0.15, 0.2) is 65.6 Å². The molecule has 0 radical (unpaired) electrons. The standard InChI is InChI=1S/C25H22N2O3S2/c1-16-13-20(17(2)27(16)21-10-6-9-19(14-21)24(29)30)15-22-23(28)26(25(31)32-22)12-11-18-7-4-3-5-8-18/h3-10,13-15H,11-12H2,1-2H3,(H,29,30)/b22-15-. The summed E-state index contributed by atoms with van der Waals surface area (Å²) in [6.45, 7) is 4.47. The zero-order valence-corrected chi connectivity index (χ0v) is 19.4. The van der Waals surface area contributed by atoms with Crippen molar-refractivity contribution in [1.29, 1.82) is 0 Å². The summed E-state index contributed by atoms with van der Waals surface area (Å²) in [6, 6.07) is 18.9. The van der Waals surface area contributed by atoms with Gasteiger partial charge in [-0.2, -0.15) is 0 Å². The van der Waals surface area contributed by atoms with Gasteiger partial charge in [-0.25, -0.2) is 4.79 Å². The summed E-state index contributed by atoms with van der Waals surface area (Å²) in [5.74, 6) is -1.04. The largest absolute Gasteiger partial charge is 0.478 e. The fourth-order valence-electron chi connectivity index (χ4n) is 3.83. The summed E-state index contributed by atoms with van der Waals surface area (Å²) >= 11 is 6.79. The molecule has 0 spiro atoms. The number of hydrogen-bond donors (Lipinski definition) is 1. The number of amides is 1. The van der Waals surface area contributed by atoms with Gasteiger partial charge < -0.3 is 9.67 Å². The molecule has 1 amide bonds. The molecule has 2 aromatic carbocycles. The first-order valence-electron chi connectivity index (χ1n) is 10.2. The summed E-state index contributed by atoms with van der Waals surface area (Å²) in [5.41, 5.74) is 4.96. The fraction of sp³-hybridized carbons (Fsp3) is 0.160. The number of thiocarbonyl (C=S) groups is 1. The van der Waals surface area contributed by atoms with Gasteiger partial charge in [0.05, 0.1) is 10.5 Å². The van der Waals surface area contributed by atoms with Gasteiger partial charge in [-0.1, -0.05) is 60.4 Å². The molecule has 5 nitrogen and oxygen atoms in total. The lowest BCUT2D eigenvalue weighted by atomic mass is 10.1. The van der Waals surface area contributed by atoms with Crippen molar-refractivity contribution in [2.45, 2.75) is 20.3 Å². The van der Waals surface area contributed by atoms with Crippen LogP contribution in [-0.2, 0) is 11.2 Å². The van der Waals surface area contributed by atoms with E-state index in [0.717, 1.165) is 34.6 Å². The topological polar surface area (TPSA) is 62.5 Å². The summed E-state index contributed by atoms with van der Waals surface area (Å²) in [7, 11) is 0. The second kappa shape index (κ2) is 9.14. The van der Waals surface area contributed by atoms with Gasteiger partial charge >= 0.3 is 5.97 Å². The maximum atomic E-state index is 13.0. The summed E-state index contributed by atoms with van der Waals surface area (Å²) < 4.78 is 2.56. The zero-order valence-electron chi connectivity index (χ0n) is 17.7. The van der Waals surface area contributed by atoms with Crippen LogP contribution in [0.5, 0.6) is 0 Å². The number of carbonyl (C=O) groups excluding carboxylic acids is 1. The van der Waals surface area contributed by atoms with E-state index in [2.05, 4.69) is 0 Å². The van der Waals surface area contributed by atoms with E-state index in [1.165, 1.54) is 11.8 Å². The van der Waals surface area contributed by atoms with Crippen LogP contribution in [0.2, 0.25) is 0 Å². The smallest absolute Gasteiger partial charge is 0.335 e. The number of rotatable bonds is 6. The lowest BCUT2D eigenvalue weighted by molar-refractivity contribution is -0.122. The van der Waals surface area contributed by atoms with E-state index < -0.39 is 5.97 Å². The Bertz CT molecular complexity index is 1250. The third kappa shape index (κ3) is 4.40. The Morgan fingerprint density at radius 1 is 1.09 bits per heavy atom. The lowest BCUT2D eigenvalue weighted by Crippen LogP contribution is -2.30. The minimum Gasteiger partial charge on any atom is -0.478 e. The molecular weight excluding hydrogens is 440 g/mol. The number of thioether (sulfide) groups is 1. The van der Waals surface area contributed by atoms with Gasteiger partial charge in [-0.15, -0.1) is 0 Å². The monoisotopic (exact) mass is 462 g/mol. The summed E-state index contributed by atoms with van der Waals surface area (Å²) in [6.07, 6.45) is 2.62. The first-order chi connectivity index (χ1) is 15.3. The molecule has 3 aromatic rings. The maximum absolute atomic E-state index is 13.0. The van der Waals surface area contributed by atoms with E-state index in [1.54, 1.807) is 23.1 Å². The SMILES string of the molecule is Cc1cc(/C=C2\SC(=S)N(CCc3ccccc3)C2=O)c(C)n1-c1cccc(C(=O)O)c1. The van der Waals surface area contributed by atoms with Crippen molar-refractivity contribution < 1.29 is 14.7 Å². The van der Waals surface area contributed by atoms with Crippen molar-refractivity contribution in [3.8, 4) is 5.69 Å². The highest BCUT2D eigenvalue weighted by molar-refractivity contribution is 8.26. The number of aromatic nitrogens is 1. The molecule has 1 saturated heterocycles. The molecule has 0 saturated carbocycles. The highest BCUT2D eigenvalue weighted by Gasteiger charge is 2.32. The van der Waals surface area contributed by atoms with Crippen molar-refractivity contribution in [3.63, 3.8) is 0 Å². The third-order valence-corrected chi connectivity index (χ3v) is 6.83. The van der Waals surface area contributed by atoms with Gasteiger partial charge in [0.25, 0.3) is 5.91 Å². The van der Waals surface area contributed by atoms with E-state index in [-0.39, 0.29) is 11.5 Å². The molecule has 0 unspecified atom stereocenters. The minimum atomic E-state index is -0.964. The molecule has 162 valence electrons. The van der Waals surface area contributed by atoms with E-state index in [4.69, 9.17) is 12.2 Å². The zero-order chi connectivity index (χ0) is 22.8. The molecule has 7 heteroatoms. The van der Waals surface area contributed by atoms with Crippen molar-refractivity contribution in [2.24, 2.45) is 0 Å². The first-order valence-corrected chi connectivity index (χ1v) is 11.4. The fourth-order valence-corrected chi connectivity index (χ4v) is 5.13. The van der Waals surface area contributed by atoms with E-state index >= 15 is 0 Å². The highest BCUT2D eigenvalue weighted by atomic mass is 32.2. The Morgan fingerprint density at radius 3 is 2.56 bits per heavy atom. The lowest BCUT2D eigenvalue weighted by Gasteiger charge is -2.14. The van der Waals surface area contributed by atoms with Crippen LogP contribution in [0.3, 0.4) is 0 Å². The van der Waals surface area contributed by atoms with Crippen LogP contribution >= 0.6 is 24.0 Å². The average molecular weight is 463 g/mol. The molecule has 1 aliphatic rings. The number of benzene rings is 2. The Labute approximate surface area is 196 Å². The molecule has 1 aliphatic heterocycles. The van der Waals surface area contributed by atoms with Gasteiger partial charge in [0.15, 0.2) is 0 Å². The highest BCUT2D eigenvalue weighted by Crippen LogP contribution is 2.34. The molecule has 1 N–H and O–H groups in total. The van der Waals surface area contributed by atoms with Gasteiger partial charge in [0, 0.05) is 23.6 Å². The van der Waals surface area contributed by atoms with E-state index in [9.17, 15) is 14.7 Å². The number of aryl methyl sites for hydroxylation is 1. The predicted octanol–water partition coefficient (Wildman–Crippen LogP) is 5.24. The molecule has 0 aliphatic carbocycles. The molecular formula is C25H22N2O3S2. The molecule has 4 rings (SSSR count). The van der Waals surface area contributed by atoms with Crippen molar-refractivity contribution in [1.82, 2.24) is 9.47 Å². The van der Waals surface area contributed by atoms with Gasteiger partial charge in [-0.05, 0) is 61.7 Å². The molecule has 2 heterocycles. The van der Waals surface area contributed by atoms with Crippen molar-refractivity contribution in [2.75, 3.05) is 6.54 Å². The first kappa shape index (κ1) is 22.0. The van der Waals surface area contributed by atoms with Crippen LogP contribution in [0.25, 0.3) is 11.8 Å². The Kier molecular flexibility index (Phi) is 6.30. The summed E-state index contributed by atoms with van der Waals surface area (Å²) in [5, 5.41) is 9.31. The average Bonchev–Trinajstić information content (AvgIpc) is 3.21. The Hall–Kier alpha value is -3.16. The van der Waals surface area contributed by atoms with Crippen LogP contribution < -0.4 is 0 Å². The van der Waals surface area contributed by atoms with Crippen molar-refractivity contribution in [3.05, 3.63) is 93.6 Å². The van der Waals surface area contributed by atoms with Gasteiger partial charge in [0.2, 0.25) is 0 Å². The number of nitrogens with zero attached hydrogens (tertiary/aromatic N) is 2. The number of carboxylic acid groups (broad SMARTS) is 1. The summed E-state index contributed by atoms with van der Waals surface area (Å²) in [4.78, 5) is 26.6. The number of carbonyl (C=O) groups is 2. The normalized spacial score (nSPS) is 15.1. The quantitative estimate of drug-likeness (QED) is 0.401. The van der Waals surface area contributed by atoms with E-state index in [1.807, 2.05) is 67.0 Å². The van der Waals surface area contributed by atoms with Crippen LogP contribution in [-0.4, -0.2) is 37.3 Å². The minimum absolute atomic E-state index is 0.0754. The molecule has 1 aromatic heterocycles. The van der Waals surface area contributed by atoms with Crippen LogP contribution in [0.1, 0.15) is 32.9 Å². The Balaban J connectivity index is 1.58.